The van der Waals surface area contributed by atoms with Crippen molar-refractivity contribution in [3.63, 3.8) is 0 Å². The molecular weight excluding hydrogens is 303 g/mol. The summed E-state index contributed by atoms with van der Waals surface area (Å²) in [6.45, 7) is 3.02. The summed E-state index contributed by atoms with van der Waals surface area (Å²) < 4.78 is 16.4. The summed E-state index contributed by atoms with van der Waals surface area (Å²) >= 11 is 1.32. The highest BCUT2D eigenvalue weighted by atomic mass is 32.1. The molecule has 3 rings (SSSR count). The second-order valence-electron chi connectivity index (χ2n) is 4.94. The zero-order valence-electron chi connectivity index (χ0n) is 12.0. The molecule has 0 aliphatic carbocycles. The maximum atomic E-state index is 13.8. The van der Waals surface area contributed by atoms with Crippen molar-refractivity contribution in [1.29, 1.82) is 0 Å². The van der Waals surface area contributed by atoms with Gasteiger partial charge in [-0.25, -0.2) is 4.39 Å². The molecule has 0 spiro atoms. The van der Waals surface area contributed by atoms with Crippen molar-refractivity contribution < 1.29 is 9.18 Å². The van der Waals surface area contributed by atoms with Crippen molar-refractivity contribution in [3.8, 4) is 0 Å². The summed E-state index contributed by atoms with van der Waals surface area (Å²) in [5.41, 5.74) is 0.701. The zero-order valence-corrected chi connectivity index (χ0v) is 12.9. The molecule has 0 bridgehead atoms. The Balaban J connectivity index is 1.65. The minimum Gasteiger partial charge on any atom is -0.351 e. The van der Waals surface area contributed by atoms with E-state index in [0.29, 0.717) is 28.9 Å². The summed E-state index contributed by atoms with van der Waals surface area (Å²) in [6.07, 6.45) is 4.15. The van der Waals surface area contributed by atoms with Gasteiger partial charge in [-0.2, -0.15) is 0 Å². The van der Waals surface area contributed by atoms with Crippen LogP contribution in [-0.4, -0.2) is 27.4 Å². The molecule has 1 amide bonds. The van der Waals surface area contributed by atoms with Gasteiger partial charge in [0, 0.05) is 29.4 Å². The first kappa shape index (κ1) is 14.6. The van der Waals surface area contributed by atoms with E-state index >= 15 is 0 Å². The second-order valence-corrected chi connectivity index (χ2v) is 6.00. The van der Waals surface area contributed by atoms with Gasteiger partial charge in [-0.15, -0.1) is 16.4 Å². The summed E-state index contributed by atoms with van der Waals surface area (Å²) in [5.74, 6) is -0.437. The molecule has 5 nitrogen and oxygen atoms in total. The number of hydrogen-bond donors (Lipinski definition) is 1. The molecular formula is C15H15FN4OS. The number of hydrogen-bond acceptors (Lipinski definition) is 4. The quantitative estimate of drug-likeness (QED) is 0.736. The van der Waals surface area contributed by atoms with Gasteiger partial charge in [0.15, 0.2) is 0 Å². The van der Waals surface area contributed by atoms with Crippen LogP contribution in [-0.2, 0) is 6.54 Å². The fourth-order valence-electron chi connectivity index (χ4n) is 2.35. The summed E-state index contributed by atoms with van der Waals surface area (Å²) in [4.78, 5) is 12.8. The Kier molecular flexibility index (Phi) is 4.15. The molecule has 0 fully saturated rings. The zero-order chi connectivity index (χ0) is 15.5. The Labute approximate surface area is 130 Å². The van der Waals surface area contributed by atoms with E-state index < -0.39 is 0 Å². The predicted molar refractivity (Wildman–Crippen MR) is 83.5 cm³/mol. The van der Waals surface area contributed by atoms with Gasteiger partial charge in [0.05, 0.1) is 11.1 Å². The average Bonchev–Trinajstić information content (AvgIpc) is 3.12. The molecule has 0 radical (unpaired) electrons. The lowest BCUT2D eigenvalue weighted by molar-refractivity contribution is 0.0956. The van der Waals surface area contributed by atoms with Crippen LogP contribution < -0.4 is 5.32 Å². The number of thiophene rings is 1. The highest BCUT2D eigenvalue weighted by molar-refractivity contribution is 7.21. The van der Waals surface area contributed by atoms with Crippen molar-refractivity contribution >= 4 is 27.3 Å². The molecule has 22 heavy (non-hydrogen) atoms. The summed E-state index contributed by atoms with van der Waals surface area (Å²) in [5, 5.41) is 11.0. The van der Waals surface area contributed by atoms with Gasteiger partial charge in [-0.1, -0.05) is 11.3 Å². The minimum absolute atomic E-state index is 0.156. The first-order valence-corrected chi connectivity index (χ1v) is 7.78. The molecule has 0 unspecified atom stereocenters. The van der Waals surface area contributed by atoms with E-state index in [0.717, 1.165) is 11.1 Å². The van der Waals surface area contributed by atoms with Crippen LogP contribution in [0.4, 0.5) is 4.39 Å². The number of benzene rings is 1. The lowest BCUT2D eigenvalue weighted by Crippen LogP contribution is -2.25. The maximum absolute atomic E-state index is 13.8. The van der Waals surface area contributed by atoms with Gasteiger partial charge in [0.1, 0.15) is 5.82 Å². The number of amides is 1. The molecule has 114 valence electrons. The molecule has 2 aromatic heterocycles. The highest BCUT2D eigenvalue weighted by Gasteiger charge is 2.17. The smallest absolute Gasteiger partial charge is 0.261 e. The molecule has 0 atom stereocenters. The molecule has 2 heterocycles. The van der Waals surface area contributed by atoms with Crippen LogP contribution in [0.1, 0.15) is 21.7 Å². The standard InChI is InChI=1S/C15H15FN4OS/c1-10-13-11(16)4-2-5-12(13)22-14(10)15(21)17-6-3-8-20-9-7-18-19-20/h2,4-5,7,9H,3,6,8H2,1H3,(H,17,21). The number of halogens is 1. The normalized spacial score (nSPS) is 11.0. The average molecular weight is 318 g/mol. The van der Waals surface area contributed by atoms with Gasteiger partial charge in [0.25, 0.3) is 5.91 Å². The van der Waals surface area contributed by atoms with Crippen molar-refractivity contribution in [3.05, 3.63) is 46.9 Å². The van der Waals surface area contributed by atoms with Crippen LogP contribution >= 0.6 is 11.3 Å². The molecule has 0 aliphatic rings. The topological polar surface area (TPSA) is 59.8 Å². The van der Waals surface area contributed by atoms with Gasteiger partial charge < -0.3 is 5.32 Å². The lowest BCUT2D eigenvalue weighted by atomic mass is 10.1. The fourth-order valence-corrected chi connectivity index (χ4v) is 3.48. The van der Waals surface area contributed by atoms with Crippen LogP contribution in [0.2, 0.25) is 0 Å². The Morgan fingerprint density at radius 1 is 1.45 bits per heavy atom. The van der Waals surface area contributed by atoms with E-state index in [1.165, 1.54) is 17.4 Å². The number of aromatic nitrogens is 3. The molecule has 0 saturated carbocycles. The third kappa shape index (κ3) is 2.85. The Morgan fingerprint density at radius 2 is 2.32 bits per heavy atom. The molecule has 7 heteroatoms. The molecule has 1 aromatic carbocycles. The van der Waals surface area contributed by atoms with E-state index in [1.807, 2.05) is 6.07 Å². The largest absolute Gasteiger partial charge is 0.351 e. The van der Waals surface area contributed by atoms with Gasteiger partial charge in [-0.3, -0.25) is 9.48 Å². The lowest BCUT2D eigenvalue weighted by Gasteiger charge is -2.04. The Bertz CT molecular complexity index is 797. The van der Waals surface area contributed by atoms with Crippen LogP contribution in [0.15, 0.2) is 30.6 Å². The van der Waals surface area contributed by atoms with E-state index in [1.54, 1.807) is 30.1 Å². The third-order valence-corrected chi connectivity index (χ3v) is 4.69. The number of nitrogens with zero attached hydrogens (tertiary/aromatic N) is 3. The molecule has 1 N–H and O–H groups in total. The fraction of sp³-hybridized carbons (Fsp3) is 0.267. The first-order valence-electron chi connectivity index (χ1n) is 6.96. The predicted octanol–water partition coefficient (Wildman–Crippen LogP) is 2.76. The monoisotopic (exact) mass is 318 g/mol. The minimum atomic E-state index is -0.281. The highest BCUT2D eigenvalue weighted by Crippen LogP contribution is 2.32. The van der Waals surface area contributed by atoms with Crippen molar-refractivity contribution in [2.24, 2.45) is 0 Å². The Hall–Kier alpha value is -2.28. The van der Waals surface area contributed by atoms with Crippen LogP contribution in [0.25, 0.3) is 10.1 Å². The number of carbonyl (C=O) groups is 1. The van der Waals surface area contributed by atoms with E-state index in [9.17, 15) is 9.18 Å². The Morgan fingerprint density at radius 3 is 3.05 bits per heavy atom. The number of fused-ring (bicyclic) bond motifs is 1. The number of rotatable bonds is 5. The van der Waals surface area contributed by atoms with Crippen molar-refractivity contribution in [2.75, 3.05) is 6.54 Å². The number of aryl methyl sites for hydroxylation is 2. The van der Waals surface area contributed by atoms with E-state index in [-0.39, 0.29) is 11.7 Å². The molecule has 3 aromatic rings. The van der Waals surface area contributed by atoms with Gasteiger partial charge in [0.2, 0.25) is 0 Å². The van der Waals surface area contributed by atoms with Gasteiger partial charge in [-0.05, 0) is 31.0 Å². The maximum Gasteiger partial charge on any atom is 0.261 e. The van der Waals surface area contributed by atoms with Crippen LogP contribution in [0.5, 0.6) is 0 Å². The summed E-state index contributed by atoms with van der Waals surface area (Å²) in [6, 6.07) is 4.91. The van der Waals surface area contributed by atoms with Crippen molar-refractivity contribution in [2.45, 2.75) is 19.9 Å². The van der Waals surface area contributed by atoms with E-state index in [2.05, 4.69) is 15.6 Å². The van der Waals surface area contributed by atoms with Crippen molar-refractivity contribution in [1.82, 2.24) is 20.3 Å². The van der Waals surface area contributed by atoms with Crippen LogP contribution in [0, 0.1) is 12.7 Å². The molecule has 0 saturated heterocycles. The first-order chi connectivity index (χ1) is 10.7. The number of carbonyl (C=O) groups excluding carboxylic acids is 1. The molecule has 0 aliphatic heterocycles. The van der Waals surface area contributed by atoms with E-state index in [4.69, 9.17) is 0 Å². The third-order valence-electron chi connectivity index (χ3n) is 3.43. The van der Waals surface area contributed by atoms with Gasteiger partial charge >= 0.3 is 0 Å². The second kappa shape index (κ2) is 6.23. The summed E-state index contributed by atoms with van der Waals surface area (Å²) in [7, 11) is 0. The SMILES string of the molecule is Cc1c(C(=O)NCCCn2ccnn2)sc2cccc(F)c12. The number of nitrogens with one attached hydrogen (secondary N) is 1. The van der Waals surface area contributed by atoms with Crippen LogP contribution in [0.3, 0.4) is 0 Å².